The lowest BCUT2D eigenvalue weighted by Crippen LogP contribution is -2.14. The van der Waals surface area contributed by atoms with E-state index in [0.29, 0.717) is 23.4 Å². The lowest BCUT2D eigenvalue weighted by molar-refractivity contribution is 0.618. The van der Waals surface area contributed by atoms with Gasteiger partial charge in [-0.05, 0) is 81.4 Å². The number of nitrogens with zero attached hydrogens (tertiary/aromatic N) is 4. The highest BCUT2D eigenvalue weighted by molar-refractivity contribution is 6.09. The van der Waals surface area contributed by atoms with Gasteiger partial charge in [-0.2, -0.15) is 0 Å². The predicted molar refractivity (Wildman–Crippen MR) is 245 cm³/mol. The van der Waals surface area contributed by atoms with E-state index in [0.717, 1.165) is 83.1 Å². The van der Waals surface area contributed by atoms with E-state index in [1.807, 2.05) is 66.7 Å². The third kappa shape index (κ3) is 5.71. The number of fused-ring (bicyclic) bond motifs is 8. The maximum Gasteiger partial charge on any atom is 0.227 e. The Balaban J connectivity index is 0.971. The summed E-state index contributed by atoms with van der Waals surface area (Å²) in [6.07, 6.45) is 0. The molecule has 8 aromatic carbocycles. The Labute approximate surface area is 351 Å². The lowest BCUT2D eigenvalue weighted by Gasteiger charge is -2.22. The van der Waals surface area contributed by atoms with Crippen molar-refractivity contribution in [2.24, 2.45) is 0 Å². The van der Waals surface area contributed by atoms with Crippen LogP contribution in [0.1, 0.15) is 25.0 Å². The number of benzene rings is 8. The maximum absolute atomic E-state index is 6.54. The quantitative estimate of drug-likeness (QED) is 0.167. The van der Waals surface area contributed by atoms with Crippen LogP contribution in [0.3, 0.4) is 0 Å². The van der Waals surface area contributed by atoms with Crippen molar-refractivity contribution in [1.29, 1.82) is 0 Å². The summed E-state index contributed by atoms with van der Waals surface area (Å²) in [4.78, 5) is 20.3. The molecule has 0 unspecified atom stereocenters. The van der Waals surface area contributed by atoms with Crippen molar-refractivity contribution < 1.29 is 8.83 Å². The Morgan fingerprint density at radius 1 is 0.377 bits per heavy atom. The molecule has 6 heteroatoms. The standard InChI is InChI=1S/C55H36N4O2/c1-55(2)44-29-30-46-50(61-54(56-46)36-15-7-4-8-16-36)48(44)42-28-27-38(32-45(42)55)37-17-11-18-39(31-37)52-57-51(35-25-23-34(24-26-35)33-13-5-3-6-14-33)58-53(59-52)43-21-12-20-41-40-19-9-10-22-47(40)60-49(41)43/h3-32H,1-2H3. The number of rotatable bonds is 6. The van der Waals surface area contributed by atoms with Crippen LogP contribution >= 0.6 is 0 Å². The zero-order valence-corrected chi connectivity index (χ0v) is 33.4. The first-order valence-electron chi connectivity index (χ1n) is 20.5. The summed E-state index contributed by atoms with van der Waals surface area (Å²) < 4.78 is 13.0. The Morgan fingerprint density at radius 3 is 1.80 bits per heavy atom. The minimum absolute atomic E-state index is 0.252. The van der Waals surface area contributed by atoms with E-state index in [4.69, 9.17) is 28.8 Å². The largest absolute Gasteiger partial charge is 0.455 e. The molecule has 1 aliphatic carbocycles. The Bertz CT molecular complexity index is 3490. The molecule has 11 aromatic rings. The van der Waals surface area contributed by atoms with E-state index in [9.17, 15) is 0 Å². The van der Waals surface area contributed by atoms with Gasteiger partial charge in [-0.15, -0.1) is 0 Å². The Morgan fingerprint density at radius 2 is 0.984 bits per heavy atom. The van der Waals surface area contributed by atoms with Gasteiger partial charge in [0, 0.05) is 38.4 Å². The average molecular weight is 785 g/mol. The van der Waals surface area contributed by atoms with E-state index in [2.05, 4.69) is 129 Å². The van der Waals surface area contributed by atoms with Crippen LogP contribution in [0.2, 0.25) is 0 Å². The number of hydrogen-bond acceptors (Lipinski definition) is 6. The van der Waals surface area contributed by atoms with Crippen LogP contribution in [0.5, 0.6) is 0 Å². The number of aromatic nitrogens is 4. The molecule has 1 aliphatic rings. The van der Waals surface area contributed by atoms with Gasteiger partial charge < -0.3 is 8.83 Å². The molecule has 0 aliphatic heterocycles. The SMILES string of the molecule is CC1(C)c2cc(-c3cccc(-c4nc(-c5ccc(-c6ccccc6)cc5)nc(-c5cccc6c5oc5ccccc56)n4)c3)ccc2-c2c1ccc1nc(-c3ccccc3)oc21. The molecular weight excluding hydrogens is 749 g/mol. The fraction of sp³-hybridized carbons (Fsp3) is 0.0545. The average Bonchev–Trinajstić information content (AvgIpc) is 4.00. The number of oxazole rings is 1. The van der Waals surface area contributed by atoms with Crippen LogP contribution in [0.15, 0.2) is 191 Å². The first kappa shape index (κ1) is 35.0. The topological polar surface area (TPSA) is 77.8 Å². The molecule has 0 amide bonds. The fourth-order valence-corrected chi connectivity index (χ4v) is 9.05. The van der Waals surface area contributed by atoms with E-state index < -0.39 is 0 Å². The van der Waals surface area contributed by atoms with Gasteiger partial charge in [0.15, 0.2) is 23.1 Å². The van der Waals surface area contributed by atoms with Gasteiger partial charge in [-0.3, -0.25) is 0 Å². The van der Waals surface area contributed by atoms with Crippen LogP contribution in [-0.2, 0) is 5.41 Å². The van der Waals surface area contributed by atoms with Crippen LogP contribution in [-0.4, -0.2) is 19.9 Å². The Hall–Kier alpha value is -7.96. The molecule has 12 rings (SSSR count). The molecule has 61 heavy (non-hydrogen) atoms. The third-order valence-corrected chi connectivity index (χ3v) is 12.2. The summed E-state index contributed by atoms with van der Waals surface area (Å²) in [6, 6.07) is 62.7. The van der Waals surface area contributed by atoms with Crippen molar-refractivity contribution in [3.8, 4) is 79.0 Å². The minimum Gasteiger partial charge on any atom is -0.455 e. The molecule has 0 atom stereocenters. The van der Waals surface area contributed by atoms with Crippen LogP contribution < -0.4 is 0 Å². The zero-order valence-electron chi connectivity index (χ0n) is 33.4. The third-order valence-electron chi connectivity index (χ3n) is 12.2. The minimum atomic E-state index is -0.252. The van der Waals surface area contributed by atoms with E-state index in [1.165, 1.54) is 16.7 Å². The van der Waals surface area contributed by atoms with Crippen molar-refractivity contribution in [1.82, 2.24) is 19.9 Å². The second kappa shape index (κ2) is 13.5. The van der Waals surface area contributed by atoms with Crippen molar-refractivity contribution in [3.05, 3.63) is 193 Å². The molecular formula is C55H36N4O2. The molecule has 3 heterocycles. The number of furan rings is 1. The molecule has 0 radical (unpaired) electrons. The van der Waals surface area contributed by atoms with Gasteiger partial charge in [-0.25, -0.2) is 19.9 Å². The number of hydrogen-bond donors (Lipinski definition) is 0. The molecule has 0 saturated heterocycles. The molecule has 288 valence electrons. The van der Waals surface area contributed by atoms with Gasteiger partial charge in [0.05, 0.1) is 5.56 Å². The van der Waals surface area contributed by atoms with E-state index in [1.54, 1.807) is 0 Å². The summed E-state index contributed by atoms with van der Waals surface area (Å²) >= 11 is 0. The van der Waals surface area contributed by atoms with E-state index >= 15 is 0 Å². The molecule has 3 aromatic heterocycles. The predicted octanol–water partition coefficient (Wildman–Crippen LogP) is 14.2. The van der Waals surface area contributed by atoms with Gasteiger partial charge in [0.2, 0.25) is 5.89 Å². The second-order valence-electron chi connectivity index (χ2n) is 16.2. The zero-order chi connectivity index (χ0) is 40.7. The van der Waals surface area contributed by atoms with Gasteiger partial charge in [0.1, 0.15) is 16.7 Å². The van der Waals surface area contributed by atoms with Gasteiger partial charge in [-0.1, -0.05) is 153 Å². The number of para-hydroxylation sites is 2. The van der Waals surface area contributed by atoms with Crippen LogP contribution in [0, 0.1) is 0 Å². The van der Waals surface area contributed by atoms with Crippen molar-refractivity contribution in [3.63, 3.8) is 0 Å². The first-order chi connectivity index (χ1) is 30.0. The Kier molecular flexibility index (Phi) is 7.78. The molecule has 6 nitrogen and oxygen atoms in total. The summed E-state index contributed by atoms with van der Waals surface area (Å²) in [5.41, 5.74) is 15.8. The summed E-state index contributed by atoms with van der Waals surface area (Å²) in [6.45, 7) is 4.59. The smallest absolute Gasteiger partial charge is 0.227 e. The van der Waals surface area contributed by atoms with Gasteiger partial charge >= 0.3 is 0 Å². The molecule has 0 N–H and O–H groups in total. The van der Waals surface area contributed by atoms with Crippen LogP contribution in [0.4, 0.5) is 0 Å². The first-order valence-corrected chi connectivity index (χ1v) is 20.5. The highest BCUT2D eigenvalue weighted by Crippen LogP contribution is 2.52. The summed E-state index contributed by atoms with van der Waals surface area (Å²) in [5, 5.41) is 2.08. The highest BCUT2D eigenvalue weighted by Gasteiger charge is 2.38. The monoisotopic (exact) mass is 784 g/mol. The lowest BCUT2D eigenvalue weighted by atomic mass is 9.81. The van der Waals surface area contributed by atoms with Crippen molar-refractivity contribution in [2.45, 2.75) is 19.3 Å². The van der Waals surface area contributed by atoms with Gasteiger partial charge in [0.25, 0.3) is 0 Å². The normalized spacial score (nSPS) is 12.9. The fourth-order valence-electron chi connectivity index (χ4n) is 9.05. The molecule has 0 bridgehead atoms. The highest BCUT2D eigenvalue weighted by atomic mass is 16.3. The summed E-state index contributed by atoms with van der Waals surface area (Å²) in [5.74, 6) is 2.35. The van der Waals surface area contributed by atoms with Crippen molar-refractivity contribution in [2.75, 3.05) is 0 Å². The summed E-state index contributed by atoms with van der Waals surface area (Å²) in [7, 11) is 0. The molecule has 0 fully saturated rings. The molecule has 0 spiro atoms. The maximum atomic E-state index is 6.54. The molecule has 0 saturated carbocycles. The van der Waals surface area contributed by atoms with Crippen LogP contribution in [0.25, 0.3) is 112 Å². The second-order valence-corrected chi connectivity index (χ2v) is 16.2. The van der Waals surface area contributed by atoms with E-state index in [-0.39, 0.29) is 5.41 Å². The van der Waals surface area contributed by atoms with Crippen molar-refractivity contribution >= 4 is 33.0 Å².